The molecular formula is C9H14N2O. The molecule has 1 atom stereocenters. The lowest BCUT2D eigenvalue weighted by atomic mass is 10.1. The van der Waals surface area contributed by atoms with E-state index in [2.05, 4.69) is 4.98 Å². The fraction of sp³-hybridized carbons (Fsp3) is 0.667. The van der Waals surface area contributed by atoms with Gasteiger partial charge in [-0.1, -0.05) is 0 Å². The number of aryl methyl sites for hydroxylation is 1. The summed E-state index contributed by atoms with van der Waals surface area (Å²) >= 11 is 0. The summed E-state index contributed by atoms with van der Waals surface area (Å²) in [5.74, 6) is 1.52. The smallest absolute Gasteiger partial charge is 0.110 e. The van der Waals surface area contributed by atoms with Crippen molar-refractivity contribution < 1.29 is 5.11 Å². The summed E-state index contributed by atoms with van der Waals surface area (Å²) in [6, 6.07) is 0. The Hall–Kier alpha value is -0.830. The van der Waals surface area contributed by atoms with Crippen molar-refractivity contribution in [2.24, 2.45) is 13.0 Å². The van der Waals surface area contributed by atoms with Gasteiger partial charge in [0.25, 0.3) is 0 Å². The number of aliphatic hydroxyl groups is 1. The predicted molar refractivity (Wildman–Crippen MR) is 45.6 cm³/mol. The van der Waals surface area contributed by atoms with Crippen LogP contribution in [0.1, 0.15) is 18.7 Å². The van der Waals surface area contributed by atoms with E-state index in [9.17, 15) is 5.11 Å². The topological polar surface area (TPSA) is 38.0 Å². The molecule has 1 aliphatic rings. The highest BCUT2D eigenvalue weighted by atomic mass is 16.3. The van der Waals surface area contributed by atoms with Gasteiger partial charge < -0.3 is 9.67 Å². The van der Waals surface area contributed by atoms with E-state index in [1.54, 1.807) is 6.20 Å². The molecule has 1 fully saturated rings. The van der Waals surface area contributed by atoms with Crippen molar-refractivity contribution in [3.05, 3.63) is 18.2 Å². The van der Waals surface area contributed by atoms with Crippen LogP contribution in [0.4, 0.5) is 0 Å². The van der Waals surface area contributed by atoms with Crippen molar-refractivity contribution >= 4 is 0 Å². The number of hydrogen-bond donors (Lipinski definition) is 1. The minimum atomic E-state index is -0.175. The highest BCUT2D eigenvalue weighted by Gasteiger charge is 2.30. The minimum Gasteiger partial charge on any atom is -0.392 e. The van der Waals surface area contributed by atoms with E-state index in [0.29, 0.717) is 12.3 Å². The molecule has 0 bridgehead atoms. The highest BCUT2D eigenvalue weighted by Crippen LogP contribution is 2.33. The van der Waals surface area contributed by atoms with Crippen molar-refractivity contribution in [3.8, 4) is 0 Å². The van der Waals surface area contributed by atoms with Crippen molar-refractivity contribution in [2.45, 2.75) is 25.4 Å². The van der Waals surface area contributed by atoms with Crippen LogP contribution >= 0.6 is 0 Å². The van der Waals surface area contributed by atoms with Crippen LogP contribution in [0.15, 0.2) is 12.4 Å². The molecule has 12 heavy (non-hydrogen) atoms. The third kappa shape index (κ3) is 1.50. The second-order valence-electron chi connectivity index (χ2n) is 3.56. The van der Waals surface area contributed by atoms with Gasteiger partial charge in [0.15, 0.2) is 0 Å². The van der Waals surface area contributed by atoms with Crippen molar-refractivity contribution in [2.75, 3.05) is 0 Å². The lowest BCUT2D eigenvalue weighted by Crippen LogP contribution is -2.15. The van der Waals surface area contributed by atoms with Crippen LogP contribution in [0.25, 0.3) is 0 Å². The van der Waals surface area contributed by atoms with Gasteiger partial charge in [-0.05, 0) is 18.8 Å². The van der Waals surface area contributed by atoms with Gasteiger partial charge in [0.1, 0.15) is 5.82 Å². The van der Waals surface area contributed by atoms with Gasteiger partial charge in [0.05, 0.1) is 6.10 Å². The maximum atomic E-state index is 9.63. The van der Waals surface area contributed by atoms with E-state index in [1.807, 2.05) is 17.8 Å². The first-order valence-corrected chi connectivity index (χ1v) is 4.41. The number of aromatic nitrogens is 2. The van der Waals surface area contributed by atoms with Crippen LogP contribution in [0, 0.1) is 5.92 Å². The van der Waals surface area contributed by atoms with E-state index in [1.165, 1.54) is 12.8 Å². The number of hydrogen-bond acceptors (Lipinski definition) is 2. The first kappa shape index (κ1) is 7.80. The maximum absolute atomic E-state index is 9.63. The molecule has 3 heteroatoms. The third-order valence-electron chi connectivity index (χ3n) is 2.48. The molecule has 66 valence electrons. The van der Waals surface area contributed by atoms with E-state index < -0.39 is 0 Å². The van der Waals surface area contributed by atoms with Crippen LogP contribution in [-0.4, -0.2) is 20.8 Å². The first-order valence-electron chi connectivity index (χ1n) is 4.41. The van der Waals surface area contributed by atoms with E-state index >= 15 is 0 Å². The van der Waals surface area contributed by atoms with Crippen molar-refractivity contribution in [1.29, 1.82) is 0 Å². The fourth-order valence-electron chi connectivity index (χ4n) is 1.43. The lowest BCUT2D eigenvalue weighted by molar-refractivity contribution is 0.148. The Morgan fingerprint density at radius 2 is 2.50 bits per heavy atom. The zero-order chi connectivity index (χ0) is 8.55. The maximum Gasteiger partial charge on any atom is 0.110 e. The van der Waals surface area contributed by atoms with Gasteiger partial charge in [-0.2, -0.15) is 0 Å². The largest absolute Gasteiger partial charge is 0.392 e. The van der Waals surface area contributed by atoms with Gasteiger partial charge >= 0.3 is 0 Å². The molecule has 1 aliphatic carbocycles. The van der Waals surface area contributed by atoms with Gasteiger partial charge in [-0.25, -0.2) is 4.98 Å². The molecule has 1 aromatic rings. The second-order valence-corrected chi connectivity index (χ2v) is 3.56. The molecule has 3 nitrogen and oxygen atoms in total. The number of aliphatic hydroxyl groups excluding tert-OH is 1. The van der Waals surface area contributed by atoms with E-state index in [0.717, 1.165) is 5.82 Å². The Morgan fingerprint density at radius 1 is 1.75 bits per heavy atom. The van der Waals surface area contributed by atoms with Crippen LogP contribution < -0.4 is 0 Å². The minimum absolute atomic E-state index is 0.175. The SMILES string of the molecule is Cn1ccnc1CC(O)C1CC1. The highest BCUT2D eigenvalue weighted by molar-refractivity contribution is 4.96. The molecule has 1 N–H and O–H groups in total. The van der Waals surface area contributed by atoms with Crippen LogP contribution in [0.3, 0.4) is 0 Å². The number of rotatable bonds is 3. The number of imidazole rings is 1. The quantitative estimate of drug-likeness (QED) is 0.719. The average Bonchev–Trinajstić information content (AvgIpc) is 2.80. The summed E-state index contributed by atoms with van der Waals surface area (Å²) in [5.41, 5.74) is 0. The van der Waals surface area contributed by atoms with Crippen LogP contribution in [0.5, 0.6) is 0 Å². The zero-order valence-electron chi connectivity index (χ0n) is 7.27. The summed E-state index contributed by atoms with van der Waals surface area (Å²) in [7, 11) is 1.96. The van der Waals surface area contributed by atoms with Gasteiger partial charge in [-0.15, -0.1) is 0 Å². The van der Waals surface area contributed by atoms with Gasteiger partial charge in [0, 0.05) is 25.9 Å². The Morgan fingerprint density at radius 3 is 3.00 bits per heavy atom. The molecule has 0 spiro atoms. The molecule has 0 saturated heterocycles. The molecule has 0 amide bonds. The molecule has 1 heterocycles. The Balaban J connectivity index is 1.97. The van der Waals surface area contributed by atoms with E-state index in [4.69, 9.17) is 0 Å². The van der Waals surface area contributed by atoms with Crippen molar-refractivity contribution in [3.63, 3.8) is 0 Å². The summed E-state index contributed by atoms with van der Waals surface area (Å²) < 4.78 is 1.96. The normalized spacial score (nSPS) is 19.5. The summed E-state index contributed by atoms with van der Waals surface area (Å²) in [4.78, 5) is 4.17. The first-order chi connectivity index (χ1) is 5.77. The zero-order valence-corrected chi connectivity index (χ0v) is 7.27. The van der Waals surface area contributed by atoms with Gasteiger partial charge in [0.2, 0.25) is 0 Å². The molecule has 0 radical (unpaired) electrons. The summed E-state index contributed by atoms with van der Waals surface area (Å²) in [6.07, 6.45) is 6.58. The molecule has 1 unspecified atom stereocenters. The molecule has 2 rings (SSSR count). The predicted octanol–water partition coefficient (Wildman–Crippen LogP) is 0.734. The average molecular weight is 166 g/mol. The van der Waals surface area contributed by atoms with Crippen LogP contribution in [0.2, 0.25) is 0 Å². The Bertz CT molecular complexity index is 265. The van der Waals surface area contributed by atoms with Crippen molar-refractivity contribution in [1.82, 2.24) is 9.55 Å². The molecular weight excluding hydrogens is 152 g/mol. The Labute approximate surface area is 72.0 Å². The fourth-order valence-corrected chi connectivity index (χ4v) is 1.43. The van der Waals surface area contributed by atoms with Crippen LogP contribution in [-0.2, 0) is 13.5 Å². The third-order valence-corrected chi connectivity index (χ3v) is 2.48. The number of nitrogens with zero attached hydrogens (tertiary/aromatic N) is 2. The Kier molecular flexibility index (Phi) is 1.89. The summed E-state index contributed by atoms with van der Waals surface area (Å²) in [5, 5.41) is 9.63. The molecule has 1 aromatic heterocycles. The lowest BCUT2D eigenvalue weighted by Gasteiger charge is -2.07. The molecule has 0 aliphatic heterocycles. The van der Waals surface area contributed by atoms with E-state index in [-0.39, 0.29) is 6.10 Å². The molecule has 0 aromatic carbocycles. The summed E-state index contributed by atoms with van der Waals surface area (Å²) in [6.45, 7) is 0. The van der Waals surface area contributed by atoms with Gasteiger partial charge in [-0.3, -0.25) is 0 Å². The standard InChI is InChI=1S/C9H14N2O/c1-11-5-4-10-9(11)6-8(12)7-2-3-7/h4-5,7-8,12H,2-3,6H2,1H3. The molecule has 1 saturated carbocycles. The monoisotopic (exact) mass is 166 g/mol. The second kappa shape index (κ2) is 2.90.